The Bertz CT molecular complexity index is 1620. The fraction of sp³-hybridized carbons (Fsp3) is 0.0714. The van der Waals surface area contributed by atoms with Crippen molar-refractivity contribution in [2.45, 2.75) is 22.1 Å². The molecule has 0 radical (unpaired) electrons. The lowest BCUT2D eigenvalue weighted by Crippen LogP contribution is -2.22. The Balaban J connectivity index is 1.39. The highest BCUT2D eigenvalue weighted by molar-refractivity contribution is 7.91. The number of carbonyl (C=O) groups excluding carboxylic acids is 2. The summed E-state index contributed by atoms with van der Waals surface area (Å²) in [5.41, 5.74) is -2.82. The lowest BCUT2D eigenvalue weighted by atomic mass is 10.1. The molecule has 8 nitrogen and oxygen atoms in total. The number of urea groups is 2. The third-order valence-electron chi connectivity index (χ3n) is 5.81. The molecule has 0 aromatic heterocycles. The van der Waals surface area contributed by atoms with E-state index in [2.05, 4.69) is 21.3 Å². The number of sulfone groups is 1. The molecule has 4 amide bonds. The van der Waals surface area contributed by atoms with Gasteiger partial charge in [0, 0.05) is 11.4 Å². The van der Waals surface area contributed by atoms with Crippen LogP contribution in [0, 0.1) is 0 Å². The van der Waals surface area contributed by atoms with E-state index in [-0.39, 0.29) is 21.2 Å². The highest BCUT2D eigenvalue weighted by Gasteiger charge is 2.34. The van der Waals surface area contributed by atoms with Gasteiger partial charge in [-0.15, -0.1) is 0 Å². The van der Waals surface area contributed by atoms with Gasteiger partial charge in [-0.3, -0.25) is 0 Å². The number of alkyl halides is 6. The quantitative estimate of drug-likeness (QED) is 0.164. The van der Waals surface area contributed by atoms with Crippen molar-refractivity contribution in [2.75, 3.05) is 21.3 Å². The van der Waals surface area contributed by atoms with Crippen molar-refractivity contribution in [3.05, 3.63) is 108 Å². The smallest absolute Gasteiger partial charge is 0.308 e. The topological polar surface area (TPSA) is 116 Å². The van der Waals surface area contributed by atoms with Crippen LogP contribution in [0.2, 0.25) is 0 Å². The fourth-order valence-electron chi connectivity index (χ4n) is 3.82. The average molecular weight is 623 g/mol. The second-order valence-electron chi connectivity index (χ2n) is 8.80. The minimum atomic E-state index is -4.69. The van der Waals surface area contributed by atoms with Gasteiger partial charge in [0.15, 0.2) is 0 Å². The SMILES string of the molecule is O=C(Nc1ccc(S(=O)(=O)c2ccc(NC(=O)Nc3ccccc3C(F)(F)F)cc2)cc1)Nc1ccccc1C(F)(F)F. The van der Waals surface area contributed by atoms with Crippen LogP contribution in [0.15, 0.2) is 107 Å². The number of hydrogen-bond donors (Lipinski definition) is 4. The van der Waals surface area contributed by atoms with Crippen LogP contribution in [0.25, 0.3) is 0 Å². The molecule has 0 fully saturated rings. The molecule has 0 saturated carbocycles. The summed E-state index contributed by atoms with van der Waals surface area (Å²) in [5.74, 6) is 0. The normalized spacial score (nSPS) is 11.9. The largest absolute Gasteiger partial charge is 0.418 e. The Hall–Kier alpha value is -5.05. The van der Waals surface area contributed by atoms with E-state index in [4.69, 9.17) is 0 Å². The van der Waals surface area contributed by atoms with Gasteiger partial charge in [0.1, 0.15) is 0 Å². The average Bonchev–Trinajstić information content (AvgIpc) is 2.93. The Morgan fingerprint density at radius 1 is 0.488 bits per heavy atom. The summed E-state index contributed by atoms with van der Waals surface area (Å²) in [4.78, 5) is 24.1. The van der Waals surface area contributed by atoms with Crippen molar-refractivity contribution < 1.29 is 44.3 Å². The number of hydrogen-bond acceptors (Lipinski definition) is 4. The van der Waals surface area contributed by atoms with E-state index < -0.39 is 56.8 Å². The zero-order valence-corrected chi connectivity index (χ0v) is 22.4. The van der Waals surface area contributed by atoms with Crippen LogP contribution in [0.3, 0.4) is 0 Å². The van der Waals surface area contributed by atoms with Crippen molar-refractivity contribution in [3.63, 3.8) is 0 Å². The number of para-hydroxylation sites is 2. The maximum atomic E-state index is 13.1. The van der Waals surface area contributed by atoms with Crippen molar-refractivity contribution in [2.24, 2.45) is 0 Å². The maximum Gasteiger partial charge on any atom is 0.418 e. The summed E-state index contributed by atoms with van der Waals surface area (Å²) in [7, 11) is -4.08. The summed E-state index contributed by atoms with van der Waals surface area (Å²) < 4.78 is 105. The molecule has 0 heterocycles. The van der Waals surface area contributed by atoms with Gasteiger partial charge in [0.2, 0.25) is 9.84 Å². The Morgan fingerprint density at radius 3 is 1.14 bits per heavy atom. The first kappa shape index (κ1) is 30.9. The molecule has 0 saturated heterocycles. The summed E-state index contributed by atoms with van der Waals surface area (Å²) in [6, 6.07) is 16.4. The lowest BCUT2D eigenvalue weighted by Gasteiger charge is -2.14. The fourth-order valence-corrected chi connectivity index (χ4v) is 5.08. The number of carbonyl (C=O) groups is 2. The summed E-state index contributed by atoms with van der Waals surface area (Å²) in [6.45, 7) is 0. The molecule has 0 unspecified atom stereocenters. The first-order valence-corrected chi connectivity index (χ1v) is 13.6. The number of anilines is 4. The zero-order chi connectivity index (χ0) is 31.4. The summed E-state index contributed by atoms with van der Waals surface area (Å²) in [5, 5.41) is 8.85. The van der Waals surface area contributed by atoms with E-state index in [0.29, 0.717) is 0 Å². The van der Waals surface area contributed by atoms with Crippen LogP contribution >= 0.6 is 0 Å². The molecule has 0 aliphatic rings. The van der Waals surface area contributed by atoms with Crippen LogP contribution in [-0.4, -0.2) is 20.5 Å². The summed E-state index contributed by atoms with van der Waals surface area (Å²) in [6.07, 6.45) is -9.38. The van der Waals surface area contributed by atoms with Gasteiger partial charge < -0.3 is 21.3 Å². The molecular formula is C28H20F6N4O4S. The molecule has 15 heteroatoms. The molecule has 4 aromatic carbocycles. The van der Waals surface area contributed by atoms with E-state index in [1.807, 2.05) is 0 Å². The van der Waals surface area contributed by atoms with E-state index in [9.17, 15) is 44.3 Å². The van der Waals surface area contributed by atoms with Crippen molar-refractivity contribution in [1.82, 2.24) is 0 Å². The molecule has 0 aliphatic heterocycles. The molecule has 0 bridgehead atoms. The van der Waals surface area contributed by atoms with Gasteiger partial charge in [0.25, 0.3) is 0 Å². The van der Waals surface area contributed by atoms with Crippen LogP contribution in [-0.2, 0) is 22.2 Å². The first-order chi connectivity index (χ1) is 20.1. The molecule has 0 spiro atoms. The van der Waals surface area contributed by atoms with Crippen molar-refractivity contribution in [1.29, 1.82) is 0 Å². The highest BCUT2D eigenvalue weighted by atomic mass is 32.2. The van der Waals surface area contributed by atoms with Gasteiger partial charge in [-0.2, -0.15) is 26.3 Å². The molecule has 4 aromatic rings. The van der Waals surface area contributed by atoms with Crippen LogP contribution in [0.1, 0.15) is 11.1 Å². The van der Waals surface area contributed by atoms with Gasteiger partial charge >= 0.3 is 24.4 Å². The predicted molar refractivity (Wildman–Crippen MR) is 147 cm³/mol. The molecule has 4 N–H and O–H groups in total. The van der Waals surface area contributed by atoms with E-state index in [1.54, 1.807) is 0 Å². The highest BCUT2D eigenvalue weighted by Crippen LogP contribution is 2.35. The number of amides is 4. The number of rotatable bonds is 6. The second-order valence-corrected chi connectivity index (χ2v) is 10.7. The van der Waals surface area contributed by atoms with E-state index in [0.717, 1.165) is 24.3 Å². The summed E-state index contributed by atoms with van der Waals surface area (Å²) >= 11 is 0. The Kier molecular flexibility index (Phi) is 8.66. The number of halogens is 6. The van der Waals surface area contributed by atoms with Crippen LogP contribution in [0.5, 0.6) is 0 Å². The molecule has 0 aliphatic carbocycles. The van der Waals surface area contributed by atoms with Crippen molar-refractivity contribution in [3.8, 4) is 0 Å². The Labute approximate surface area is 240 Å². The van der Waals surface area contributed by atoms with Gasteiger partial charge in [-0.25, -0.2) is 18.0 Å². The maximum absolute atomic E-state index is 13.1. The van der Waals surface area contributed by atoms with E-state index >= 15 is 0 Å². The van der Waals surface area contributed by atoms with Gasteiger partial charge in [-0.05, 0) is 72.8 Å². The monoisotopic (exact) mass is 622 g/mol. The van der Waals surface area contributed by atoms with Gasteiger partial charge in [0.05, 0.1) is 32.3 Å². The minimum Gasteiger partial charge on any atom is -0.308 e. The Morgan fingerprint density at radius 2 is 0.814 bits per heavy atom. The minimum absolute atomic E-state index is 0.0959. The third-order valence-corrected chi connectivity index (χ3v) is 7.59. The third kappa shape index (κ3) is 7.62. The standard InChI is InChI=1S/C28H20F6N4O4S/c29-27(30,31)21-5-1-3-7-23(21)37-25(39)35-17-9-13-19(14-10-17)43(41,42)20-15-11-18(12-16-20)36-26(40)38-24-8-4-2-6-22(24)28(32,33)34/h1-16H,(H2,35,37,39)(H2,36,38,40). The number of benzene rings is 4. The van der Waals surface area contributed by atoms with Gasteiger partial charge in [-0.1, -0.05) is 24.3 Å². The predicted octanol–water partition coefficient (Wildman–Crippen LogP) is 7.85. The first-order valence-electron chi connectivity index (χ1n) is 12.1. The molecule has 0 atom stereocenters. The molecular weight excluding hydrogens is 602 g/mol. The second kappa shape index (κ2) is 12.1. The van der Waals surface area contributed by atoms with Crippen LogP contribution < -0.4 is 21.3 Å². The van der Waals surface area contributed by atoms with E-state index in [1.165, 1.54) is 72.8 Å². The number of nitrogens with one attached hydrogen (secondary N) is 4. The molecule has 4 rings (SSSR count). The molecule has 43 heavy (non-hydrogen) atoms. The van der Waals surface area contributed by atoms with Crippen molar-refractivity contribution >= 4 is 44.6 Å². The lowest BCUT2D eigenvalue weighted by molar-refractivity contribution is -0.137. The zero-order valence-electron chi connectivity index (χ0n) is 21.5. The molecule has 224 valence electrons. The van der Waals surface area contributed by atoms with Crippen LogP contribution in [0.4, 0.5) is 58.7 Å².